The van der Waals surface area contributed by atoms with Crippen molar-refractivity contribution >= 4 is 39.3 Å². The molecule has 11 nitrogen and oxygen atoms in total. The van der Waals surface area contributed by atoms with Gasteiger partial charge in [0.2, 0.25) is 5.95 Å². The first-order valence-electron chi connectivity index (χ1n) is 14.2. The average Bonchev–Trinajstić information content (AvgIpc) is 3.64. The zero-order chi connectivity index (χ0) is 29.7. The maximum atomic E-state index is 10.9. The van der Waals surface area contributed by atoms with E-state index in [2.05, 4.69) is 27.8 Å². The fourth-order valence-corrected chi connectivity index (χ4v) is 7.02. The lowest BCUT2D eigenvalue weighted by molar-refractivity contribution is -0.117. The maximum Gasteiger partial charge on any atom is 0.228 e. The Morgan fingerprint density at radius 2 is 2.17 bits per heavy atom. The number of nitrogens with zero attached hydrogens (tertiary/aromatic N) is 8. The van der Waals surface area contributed by atoms with E-state index in [9.17, 15) is 10.4 Å². The van der Waals surface area contributed by atoms with Crippen molar-refractivity contribution in [1.29, 1.82) is 5.26 Å². The van der Waals surface area contributed by atoms with Gasteiger partial charge in [0.25, 0.3) is 0 Å². The summed E-state index contributed by atoms with van der Waals surface area (Å²) in [6, 6.07) is 4.32. The summed E-state index contributed by atoms with van der Waals surface area (Å²) >= 11 is 3.07. The summed E-state index contributed by atoms with van der Waals surface area (Å²) in [4.78, 5) is 16.2. The van der Waals surface area contributed by atoms with Gasteiger partial charge in [-0.05, 0) is 30.2 Å². The van der Waals surface area contributed by atoms with Gasteiger partial charge in [-0.3, -0.25) is 14.5 Å². The minimum atomic E-state index is -0.979. The maximum absolute atomic E-state index is 10.9. The highest BCUT2D eigenvalue weighted by molar-refractivity contribution is 8.00. The Morgan fingerprint density at radius 1 is 1.38 bits per heavy atom. The quantitative estimate of drug-likeness (QED) is 0.219. The molecule has 0 amide bonds. The normalized spacial score (nSPS) is 19.2. The number of ether oxygens (including phenoxy) is 1. The molecule has 1 atom stereocenters. The van der Waals surface area contributed by atoms with Gasteiger partial charge in [0.05, 0.1) is 53.5 Å². The van der Waals surface area contributed by atoms with Crippen LogP contribution in [0.4, 0.5) is 5.95 Å². The van der Waals surface area contributed by atoms with Gasteiger partial charge in [0.15, 0.2) is 5.06 Å². The fraction of sp³-hybridized carbons (Fsp3) is 0.517. The van der Waals surface area contributed by atoms with Gasteiger partial charge in [-0.15, -0.1) is 23.1 Å². The SMILES string of the molecule is C=C/C(=C\N(C)CCN1CCOCC1)Nc1nc(-c2cnn(C3(CC#N)CN(C(C)(O)SCC)C3)c2)c2sccc2n1. The van der Waals surface area contributed by atoms with Gasteiger partial charge < -0.3 is 20.1 Å². The third-order valence-corrected chi connectivity index (χ3v) is 9.74. The number of hydrogen-bond donors (Lipinski definition) is 2. The van der Waals surface area contributed by atoms with Crippen LogP contribution in [0.25, 0.3) is 21.5 Å². The van der Waals surface area contributed by atoms with Crippen molar-refractivity contribution < 1.29 is 9.84 Å². The van der Waals surface area contributed by atoms with E-state index < -0.39 is 10.6 Å². The number of likely N-dealkylation sites (N-methyl/N-ethyl adjacent to an activating group) is 1. The molecule has 2 saturated heterocycles. The first-order valence-corrected chi connectivity index (χ1v) is 16.0. The Hall–Kier alpha value is -2.99. The number of fused-ring (bicyclic) bond motifs is 1. The number of nitrogens with one attached hydrogen (secondary N) is 1. The molecular weight excluding hydrogens is 571 g/mol. The second kappa shape index (κ2) is 13.1. The van der Waals surface area contributed by atoms with Crippen LogP contribution in [0, 0.1) is 11.3 Å². The molecule has 13 heteroatoms. The summed E-state index contributed by atoms with van der Waals surface area (Å²) in [5.74, 6) is 1.28. The predicted molar refractivity (Wildman–Crippen MR) is 169 cm³/mol. The first kappa shape index (κ1) is 30.5. The Kier molecular flexibility index (Phi) is 9.51. The molecular formula is C29H39N9O2S2. The smallest absolute Gasteiger partial charge is 0.228 e. The molecule has 5 rings (SSSR count). The third-order valence-electron chi connectivity index (χ3n) is 7.74. The lowest BCUT2D eigenvalue weighted by Gasteiger charge is -2.54. The Labute approximate surface area is 255 Å². The van der Waals surface area contributed by atoms with E-state index >= 15 is 0 Å². The summed E-state index contributed by atoms with van der Waals surface area (Å²) in [5.41, 5.74) is 2.78. The van der Waals surface area contributed by atoms with Crippen molar-refractivity contribution in [2.75, 3.05) is 70.6 Å². The number of thioether (sulfide) groups is 1. The first-order chi connectivity index (χ1) is 20.3. The van der Waals surface area contributed by atoms with Gasteiger partial charge in [-0.25, -0.2) is 9.97 Å². The number of hydrogen-bond acceptors (Lipinski definition) is 12. The zero-order valence-corrected chi connectivity index (χ0v) is 26.1. The molecule has 42 heavy (non-hydrogen) atoms. The van der Waals surface area contributed by atoms with Gasteiger partial charge in [0, 0.05) is 64.3 Å². The van der Waals surface area contributed by atoms with Crippen molar-refractivity contribution in [3.8, 4) is 17.3 Å². The van der Waals surface area contributed by atoms with Gasteiger partial charge in [-0.2, -0.15) is 10.4 Å². The molecule has 3 aromatic heterocycles. The van der Waals surface area contributed by atoms with E-state index in [0.29, 0.717) is 25.5 Å². The van der Waals surface area contributed by atoms with E-state index in [1.807, 2.05) is 54.3 Å². The molecule has 0 bridgehead atoms. The lowest BCUT2D eigenvalue weighted by Crippen LogP contribution is -2.68. The van der Waals surface area contributed by atoms with Crippen LogP contribution < -0.4 is 5.32 Å². The van der Waals surface area contributed by atoms with Gasteiger partial charge >= 0.3 is 0 Å². The molecule has 224 valence electrons. The summed E-state index contributed by atoms with van der Waals surface area (Å²) in [5, 5.41) is 29.6. The van der Waals surface area contributed by atoms with Crippen LogP contribution in [-0.2, 0) is 10.3 Å². The number of likely N-dealkylation sites (tertiary alicyclic amines) is 1. The fourth-order valence-electron chi connectivity index (χ4n) is 5.32. The van der Waals surface area contributed by atoms with Crippen molar-refractivity contribution in [2.24, 2.45) is 0 Å². The van der Waals surface area contributed by atoms with Crippen LogP contribution >= 0.6 is 23.1 Å². The molecule has 1 unspecified atom stereocenters. The lowest BCUT2D eigenvalue weighted by atomic mass is 9.86. The molecule has 2 aliphatic rings. The molecule has 0 aromatic carbocycles. The van der Waals surface area contributed by atoms with Crippen LogP contribution in [0.5, 0.6) is 0 Å². The number of aliphatic hydroxyl groups is 1. The van der Waals surface area contributed by atoms with Gasteiger partial charge in [-0.1, -0.05) is 13.5 Å². The van der Waals surface area contributed by atoms with Gasteiger partial charge in [0.1, 0.15) is 5.54 Å². The highest BCUT2D eigenvalue weighted by atomic mass is 32.2. The second-order valence-electron chi connectivity index (χ2n) is 10.8. The number of thiophene rings is 1. The highest BCUT2D eigenvalue weighted by Gasteiger charge is 2.51. The Bertz CT molecular complexity index is 1450. The van der Waals surface area contributed by atoms with Crippen LogP contribution in [0.1, 0.15) is 20.3 Å². The summed E-state index contributed by atoms with van der Waals surface area (Å²) in [7, 11) is 2.05. The number of anilines is 1. The molecule has 0 spiro atoms. The molecule has 2 aliphatic heterocycles. The summed E-state index contributed by atoms with van der Waals surface area (Å²) in [6.07, 6.45) is 7.85. The van der Waals surface area contributed by atoms with Crippen LogP contribution in [0.2, 0.25) is 0 Å². The number of morpholine rings is 1. The minimum absolute atomic E-state index is 0.301. The summed E-state index contributed by atoms with van der Waals surface area (Å²) in [6.45, 7) is 14.3. The molecule has 5 heterocycles. The molecule has 0 radical (unpaired) electrons. The van der Waals surface area contributed by atoms with Crippen LogP contribution in [0.3, 0.4) is 0 Å². The van der Waals surface area contributed by atoms with E-state index in [0.717, 1.165) is 72.3 Å². The number of allylic oxidation sites excluding steroid dienone is 1. The van der Waals surface area contributed by atoms with E-state index in [1.165, 1.54) is 11.8 Å². The molecule has 2 fully saturated rings. The van der Waals surface area contributed by atoms with E-state index in [1.54, 1.807) is 23.6 Å². The van der Waals surface area contributed by atoms with Crippen molar-refractivity contribution in [2.45, 2.75) is 30.9 Å². The largest absolute Gasteiger partial charge is 0.379 e. The standard InChI is InChI=1S/C29H39N9O2S2/c1-5-23(19-35(4)10-11-36-12-14-40-15-13-36)32-27-33-24-7-16-41-26(24)25(34-27)22-17-31-38(18-22)29(8-9-30)20-37(21-29)28(3,39)42-6-2/h5,7,16-19,39H,1,6,8,10-15,20-21H2,2-4H3,(H,32,33,34)/b23-19+. The van der Waals surface area contributed by atoms with E-state index in [-0.39, 0.29) is 0 Å². The molecule has 0 aliphatic carbocycles. The molecule has 3 aromatic rings. The number of aromatic nitrogens is 4. The third kappa shape index (κ3) is 6.64. The van der Waals surface area contributed by atoms with Crippen LogP contribution in [-0.4, -0.2) is 110 Å². The molecule has 0 saturated carbocycles. The predicted octanol–water partition coefficient (Wildman–Crippen LogP) is 3.60. The highest BCUT2D eigenvalue weighted by Crippen LogP contribution is 2.41. The van der Waals surface area contributed by atoms with Crippen molar-refractivity contribution in [1.82, 2.24) is 34.4 Å². The Morgan fingerprint density at radius 3 is 2.88 bits per heavy atom. The topological polar surface area (TPSA) is 119 Å². The number of rotatable bonds is 13. The van der Waals surface area contributed by atoms with Crippen molar-refractivity contribution in [3.05, 3.63) is 48.4 Å². The number of nitriles is 1. The van der Waals surface area contributed by atoms with E-state index in [4.69, 9.17) is 19.8 Å². The minimum Gasteiger partial charge on any atom is -0.379 e. The van der Waals surface area contributed by atoms with Crippen LogP contribution in [0.15, 0.2) is 48.4 Å². The zero-order valence-electron chi connectivity index (χ0n) is 24.5. The monoisotopic (exact) mass is 609 g/mol. The van der Waals surface area contributed by atoms with Crippen molar-refractivity contribution in [3.63, 3.8) is 0 Å². The molecule has 2 N–H and O–H groups in total. The Balaban J connectivity index is 1.35. The summed E-state index contributed by atoms with van der Waals surface area (Å²) < 4.78 is 8.30. The average molecular weight is 610 g/mol. The second-order valence-corrected chi connectivity index (χ2v) is 13.4.